The summed E-state index contributed by atoms with van der Waals surface area (Å²) >= 11 is 22.9. The summed E-state index contributed by atoms with van der Waals surface area (Å²) in [6, 6.07) is 0. The molecule has 19 heavy (non-hydrogen) atoms. The average Bonchev–Trinajstić information content (AvgIpc) is 2.85. The van der Waals surface area contributed by atoms with Crippen LogP contribution in [0.4, 0.5) is 0 Å². The Bertz CT molecular complexity index is 454. The van der Waals surface area contributed by atoms with Crippen LogP contribution in [0.5, 0.6) is 0 Å². The third-order valence-electron chi connectivity index (χ3n) is 2.29. The molecule has 0 amide bonds. The fourth-order valence-electron chi connectivity index (χ4n) is 1.37. The van der Waals surface area contributed by atoms with E-state index in [0.29, 0.717) is 0 Å². The zero-order valence-electron chi connectivity index (χ0n) is 9.12. The van der Waals surface area contributed by atoms with Gasteiger partial charge in [0.2, 0.25) is 11.5 Å². The van der Waals surface area contributed by atoms with E-state index in [1.54, 1.807) is 0 Å². The number of carbonyl (C=O) groups is 2. The van der Waals surface area contributed by atoms with Crippen LogP contribution in [0.15, 0.2) is 21.6 Å². The Hall–Kier alpha value is -0.620. The molecule has 9 heteroatoms. The average molecular weight is 348 g/mol. The zero-order chi connectivity index (χ0) is 14.2. The third kappa shape index (κ3) is 2.94. The van der Waals surface area contributed by atoms with Gasteiger partial charge in [-0.25, -0.2) is 9.59 Å². The first-order chi connectivity index (χ1) is 8.91. The summed E-state index contributed by atoms with van der Waals surface area (Å²) in [5, 5.41) is -1.31. The van der Waals surface area contributed by atoms with Gasteiger partial charge in [-0.2, -0.15) is 0 Å². The van der Waals surface area contributed by atoms with E-state index >= 15 is 0 Å². The molecule has 0 aromatic rings. The van der Waals surface area contributed by atoms with Crippen LogP contribution >= 0.6 is 46.4 Å². The van der Waals surface area contributed by atoms with Crippen LogP contribution < -0.4 is 0 Å². The maximum atomic E-state index is 11.6. The molecule has 0 saturated heterocycles. The number of hydrogen-bond acceptors (Lipinski definition) is 5. The molecule has 2 heterocycles. The lowest BCUT2D eigenvalue weighted by molar-refractivity contribution is -0.158. The summed E-state index contributed by atoms with van der Waals surface area (Å²) in [6.45, 7) is 0.0610. The molecule has 0 bridgehead atoms. The number of halogens is 4. The van der Waals surface area contributed by atoms with Crippen molar-refractivity contribution in [1.29, 1.82) is 0 Å². The maximum Gasteiger partial charge on any atom is 0.382 e. The molecule has 0 N–H and O–H groups in total. The SMILES string of the molecule is O=C(OC(=O)C1=C(Cl)C(Cl)CO1)C1=C(Cl)C(Cl)CO1. The molecular weight excluding hydrogens is 342 g/mol. The molecule has 2 rings (SSSR count). The standard InChI is InChI=1S/C10H6Cl4O5/c11-3-1-17-7(5(3)13)9(15)19-10(16)8-6(14)4(12)2-18-8/h3-4H,1-2H2. The predicted molar refractivity (Wildman–Crippen MR) is 68.0 cm³/mol. The van der Waals surface area contributed by atoms with E-state index in [2.05, 4.69) is 4.74 Å². The van der Waals surface area contributed by atoms with Gasteiger partial charge >= 0.3 is 11.9 Å². The van der Waals surface area contributed by atoms with Crippen molar-refractivity contribution >= 4 is 58.3 Å². The van der Waals surface area contributed by atoms with Gasteiger partial charge in [0.15, 0.2) is 0 Å². The van der Waals surface area contributed by atoms with Crippen LogP contribution in [0.25, 0.3) is 0 Å². The highest BCUT2D eigenvalue weighted by Gasteiger charge is 2.35. The smallest absolute Gasteiger partial charge is 0.382 e. The fraction of sp³-hybridized carbons (Fsp3) is 0.400. The van der Waals surface area contributed by atoms with E-state index in [0.717, 1.165) is 0 Å². The molecule has 5 nitrogen and oxygen atoms in total. The highest BCUT2D eigenvalue weighted by molar-refractivity contribution is 6.40. The van der Waals surface area contributed by atoms with Crippen LogP contribution in [0.2, 0.25) is 0 Å². The van der Waals surface area contributed by atoms with Crippen molar-refractivity contribution in [3.63, 3.8) is 0 Å². The van der Waals surface area contributed by atoms with E-state index in [9.17, 15) is 9.59 Å². The van der Waals surface area contributed by atoms with Crippen LogP contribution in [-0.4, -0.2) is 35.9 Å². The first-order valence-corrected chi connectivity index (χ1v) is 6.64. The van der Waals surface area contributed by atoms with Crippen molar-refractivity contribution in [2.45, 2.75) is 10.8 Å². The van der Waals surface area contributed by atoms with E-state index in [-0.39, 0.29) is 34.8 Å². The van der Waals surface area contributed by atoms with Gasteiger partial charge in [0.25, 0.3) is 0 Å². The van der Waals surface area contributed by atoms with Gasteiger partial charge in [-0.1, -0.05) is 23.2 Å². The zero-order valence-corrected chi connectivity index (χ0v) is 12.1. The maximum absolute atomic E-state index is 11.6. The second kappa shape index (κ2) is 5.79. The van der Waals surface area contributed by atoms with Crippen molar-refractivity contribution in [2.75, 3.05) is 13.2 Å². The molecule has 2 aliphatic heterocycles. The molecule has 2 unspecified atom stereocenters. The Balaban J connectivity index is 2.07. The van der Waals surface area contributed by atoms with Crippen molar-refractivity contribution in [3.8, 4) is 0 Å². The van der Waals surface area contributed by atoms with Crippen molar-refractivity contribution in [1.82, 2.24) is 0 Å². The first kappa shape index (κ1) is 14.8. The second-order valence-corrected chi connectivity index (χ2v) is 5.46. The molecular formula is C10H6Cl4O5. The number of esters is 2. The molecule has 2 aliphatic rings. The molecule has 0 saturated carbocycles. The summed E-state index contributed by atoms with van der Waals surface area (Å²) in [5.41, 5.74) is 0. The molecule has 2 atom stereocenters. The van der Waals surface area contributed by atoms with Gasteiger partial charge in [-0.3, -0.25) is 0 Å². The van der Waals surface area contributed by atoms with Gasteiger partial charge in [0.1, 0.15) is 24.0 Å². The molecule has 0 fully saturated rings. The van der Waals surface area contributed by atoms with E-state index in [1.165, 1.54) is 0 Å². The lowest BCUT2D eigenvalue weighted by atomic mass is 10.4. The lowest BCUT2D eigenvalue weighted by Crippen LogP contribution is -2.17. The number of hydrogen-bond donors (Lipinski definition) is 0. The molecule has 0 radical (unpaired) electrons. The van der Waals surface area contributed by atoms with Gasteiger partial charge in [0.05, 0.1) is 10.1 Å². The number of rotatable bonds is 2. The van der Waals surface area contributed by atoms with Crippen molar-refractivity contribution in [3.05, 3.63) is 21.6 Å². The van der Waals surface area contributed by atoms with Crippen molar-refractivity contribution < 1.29 is 23.8 Å². The first-order valence-electron chi connectivity index (χ1n) is 5.01. The van der Waals surface area contributed by atoms with Crippen molar-refractivity contribution in [2.24, 2.45) is 0 Å². The largest absolute Gasteiger partial charge is 0.484 e. The predicted octanol–water partition coefficient (Wildman–Crippen LogP) is 2.23. The highest BCUT2D eigenvalue weighted by atomic mass is 35.5. The van der Waals surface area contributed by atoms with E-state index in [1.807, 2.05) is 0 Å². The molecule has 0 aromatic carbocycles. The Morgan fingerprint density at radius 3 is 1.58 bits per heavy atom. The molecule has 0 spiro atoms. The Morgan fingerprint density at radius 1 is 0.947 bits per heavy atom. The number of ether oxygens (including phenoxy) is 3. The summed E-state index contributed by atoms with van der Waals surface area (Å²) in [5.74, 6) is -2.72. The highest BCUT2D eigenvalue weighted by Crippen LogP contribution is 2.30. The topological polar surface area (TPSA) is 61.8 Å². The Morgan fingerprint density at radius 2 is 1.32 bits per heavy atom. The van der Waals surface area contributed by atoms with Gasteiger partial charge in [-0.15, -0.1) is 23.2 Å². The Labute approximate surface area is 128 Å². The lowest BCUT2D eigenvalue weighted by Gasteiger charge is -2.05. The van der Waals surface area contributed by atoms with Gasteiger partial charge in [-0.05, 0) is 0 Å². The van der Waals surface area contributed by atoms with Gasteiger partial charge in [0, 0.05) is 0 Å². The molecule has 104 valence electrons. The quantitative estimate of drug-likeness (QED) is 0.435. The number of alkyl halides is 2. The summed E-state index contributed by atoms with van der Waals surface area (Å²) in [4.78, 5) is 23.3. The molecule has 0 aliphatic carbocycles. The van der Waals surface area contributed by atoms with Crippen LogP contribution in [0, 0.1) is 0 Å². The molecule has 0 aromatic heterocycles. The summed E-state index contributed by atoms with van der Waals surface area (Å²) in [7, 11) is 0. The summed E-state index contributed by atoms with van der Waals surface area (Å²) < 4.78 is 14.4. The van der Waals surface area contributed by atoms with E-state index < -0.39 is 22.7 Å². The number of carbonyl (C=O) groups excluding carboxylic acids is 2. The van der Waals surface area contributed by atoms with Gasteiger partial charge < -0.3 is 14.2 Å². The van der Waals surface area contributed by atoms with Crippen LogP contribution in [0.1, 0.15) is 0 Å². The monoisotopic (exact) mass is 346 g/mol. The Kier molecular flexibility index (Phi) is 4.50. The van der Waals surface area contributed by atoms with Crippen LogP contribution in [-0.2, 0) is 23.8 Å². The third-order valence-corrected chi connectivity index (χ3v) is 4.07. The van der Waals surface area contributed by atoms with Crippen LogP contribution in [0.3, 0.4) is 0 Å². The normalized spacial score (nSPS) is 26.3. The van der Waals surface area contributed by atoms with E-state index in [4.69, 9.17) is 55.9 Å². The summed E-state index contributed by atoms with van der Waals surface area (Å²) in [6.07, 6.45) is 0. The minimum atomic E-state index is -1.06. The fourth-order valence-corrected chi connectivity index (χ4v) is 2.09. The minimum Gasteiger partial charge on any atom is -0.484 e. The second-order valence-electron chi connectivity index (χ2n) is 3.59. The minimum absolute atomic E-state index is 0.0119.